The molecule has 14 heavy (non-hydrogen) atoms. The zero-order chi connectivity index (χ0) is 10.4. The number of hydrogen-bond donors (Lipinski definition) is 1. The van der Waals surface area contributed by atoms with E-state index >= 15 is 0 Å². The van der Waals surface area contributed by atoms with Crippen molar-refractivity contribution >= 4 is 11.8 Å². The summed E-state index contributed by atoms with van der Waals surface area (Å²) in [4.78, 5) is 0. The lowest BCUT2D eigenvalue weighted by molar-refractivity contribution is 0.401. The van der Waals surface area contributed by atoms with Gasteiger partial charge in [-0.3, -0.25) is 0 Å². The molecule has 0 radical (unpaired) electrons. The van der Waals surface area contributed by atoms with E-state index in [2.05, 4.69) is 37.8 Å². The maximum atomic E-state index is 3.47. The molecule has 1 nitrogen and oxygen atoms in total. The predicted molar refractivity (Wildman–Crippen MR) is 67.0 cm³/mol. The molecule has 1 aliphatic heterocycles. The van der Waals surface area contributed by atoms with Crippen LogP contribution in [-0.4, -0.2) is 24.1 Å². The van der Waals surface area contributed by atoms with E-state index in [1.807, 2.05) is 0 Å². The van der Waals surface area contributed by atoms with Crippen LogP contribution in [0, 0.1) is 5.41 Å². The van der Waals surface area contributed by atoms with E-state index < -0.39 is 0 Å². The van der Waals surface area contributed by atoms with Gasteiger partial charge in [0.25, 0.3) is 0 Å². The van der Waals surface area contributed by atoms with Crippen molar-refractivity contribution in [1.29, 1.82) is 0 Å². The van der Waals surface area contributed by atoms with E-state index in [0.29, 0.717) is 5.41 Å². The van der Waals surface area contributed by atoms with Gasteiger partial charge in [-0.25, -0.2) is 0 Å². The first-order valence-corrected chi connectivity index (χ1v) is 6.95. The van der Waals surface area contributed by atoms with Crippen LogP contribution in [0.15, 0.2) is 0 Å². The molecule has 0 aromatic carbocycles. The lowest BCUT2D eigenvalue weighted by Gasteiger charge is -2.20. The van der Waals surface area contributed by atoms with Crippen LogP contribution in [0.5, 0.6) is 0 Å². The Morgan fingerprint density at radius 3 is 2.71 bits per heavy atom. The first kappa shape index (κ1) is 12.4. The van der Waals surface area contributed by atoms with Gasteiger partial charge in [0.05, 0.1) is 0 Å². The molecule has 0 aliphatic carbocycles. The third-order valence-electron chi connectivity index (χ3n) is 2.73. The van der Waals surface area contributed by atoms with Gasteiger partial charge in [-0.1, -0.05) is 20.8 Å². The van der Waals surface area contributed by atoms with Crippen LogP contribution in [0.2, 0.25) is 0 Å². The van der Waals surface area contributed by atoms with Gasteiger partial charge < -0.3 is 5.32 Å². The van der Waals surface area contributed by atoms with E-state index in [4.69, 9.17) is 0 Å². The molecule has 0 bridgehead atoms. The van der Waals surface area contributed by atoms with Gasteiger partial charge in [-0.05, 0) is 49.9 Å². The van der Waals surface area contributed by atoms with Crippen LogP contribution >= 0.6 is 11.8 Å². The van der Waals surface area contributed by atoms with E-state index in [1.54, 1.807) is 0 Å². The van der Waals surface area contributed by atoms with E-state index in [9.17, 15) is 0 Å². The summed E-state index contributed by atoms with van der Waals surface area (Å²) >= 11 is 2.20. The van der Waals surface area contributed by atoms with Crippen molar-refractivity contribution in [3.05, 3.63) is 0 Å². The maximum absolute atomic E-state index is 3.47. The molecule has 0 aromatic heterocycles. The largest absolute Gasteiger partial charge is 0.317 e. The Kier molecular flexibility index (Phi) is 5.32. The second-order valence-corrected chi connectivity index (χ2v) is 6.89. The van der Waals surface area contributed by atoms with Crippen LogP contribution in [0.1, 0.15) is 46.5 Å². The molecule has 1 atom stereocenters. The van der Waals surface area contributed by atoms with Gasteiger partial charge in [0.1, 0.15) is 0 Å². The minimum absolute atomic E-state index is 0.510. The van der Waals surface area contributed by atoms with Crippen LogP contribution < -0.4 is 5.32 Å². The van der Waals surface area contributed by atoms with Crippen molar-refractivity contribution in [2.45, 2.75) is 51.7 Å². The van der Waals surface area contributed by atoms with Crippen LogP contribution in [0.4, 0.5) is 0 Å². The summed E-state index contributed by atoms with van der Waals surface area (Å²) in [5, 5.41) is 4.39. The molecule has 2 heteroatoms. The van der Waals surface area contributed by atoms with Gasteiger partial charge in [-0.15, -0.1) is 0 Å². The summed E-state index contributed by atoms with van der Waals surface area (Å²) in [7, 11) is 0. The summed E-state index contributed by atoms with van der Waals surface area (Å²) in [5.74, 6) is 1.34. The SMILES string of the molecule is CC(C)(C)CCSC1CCCNCC1. The summed E-state index contributed by atoms with van der Waals surface area (Å²) < 4.78 is 0. The Balaban J connectivity index is 2.10. The molecule has 0 amide bonds. The summed E-state index contributed by atoms with van der Waals surface area (Å²) in [6.07, 6.45) is 5.51. The average molecular weight is 215 g/mol. The van der Waals surface area contributed by atoms with E-state index in [0.717, 1.165) is 5.25 Å². The topological polar surface area (TPSA) is 12.0 Å². The number of rotatable bonds is 3. The van der Waals surface area contributed by atoms with E-state index in [1.165, 1.54) is 44.5 Å². The monoisotopic (exact) mass is 215 g/mol. The zero-order valence-corrected chi connectivity index (χ0v) is 10.8. The van der Waals surface area contributed by atoms with Crippen molar-refractivity contribution < 1.29 is 0 Å². The number of hydrogen-bond acceptors (Lipinski definition) is 2. The minimum atomic E-state index is 0.510. The van der Waals surface area contributed by atoms with Crippen molar-refractivity contribution in [2.75, 3.05) is 18.8 Å². The Morgan fingerprint density at radius 1 is 1.21 bits per heavy atom. The average Bonchev–Trinajstić information content (AvgIpc) is 2.30. The Hall–Kier alpha value is 0.310. The lowest BCUT2D eigenvalue weighted by Crippen LogP contribution is -2.15. The number of nitrogens with one attached hydrogen (secondary N) is 1. The predicted octanol–water partition coefficient (Wildman–Crippen LogP) is 3.30. The fourth-order valence-electron chi connectivity index (χ4n) is 1.69. The first-order chi connectivity index (χ1) is 6.58. The molecule has 84 valence electrons. The molecular formula is C12H25NS. The minimum Gasteiger partial charge on any atom is -0.317 e. The molecule has 1 heterocycles. The summed E-state index contributed by atoms with van der Waals surface area (Å²) in [6.45, 7) is 9.47. The summed E-state index contributed by atoms with van der Waals surface area (Å²) in [6, 6.07) is 0. The zero-order valence-electron chi connectivity index (χ0n) is 9.94. The second-order valence-electron chi connectivity index (χ2n) is 5.48. The highest BCUT2D eigenvalue weighted by atomic mass is 32.2. The van der Waals surface area contributed by atoms with Crippen molar-refractivity contribution in [3.8, 4) is 0 Å². The molecule has 0 saturated carbocycles. The Labute approximate surface area is 93.4 Å². The molecule has 1 rings (SSSR count). The van der Waals surface area contributed by atoms with Crippen LogP contribution in [0.25, 0.3) is 0 Å². The van der Waals surface area contributed by atoms with Crippen LogP contribution in [-0.2, 0) is 0 Å². The summed E-state index contributed by atoms with van der Waals surface area (Å²) in [5.41, 5.74) is 0.510. The van der Waals surface area contributed by atoms with Gasteiger partial charge in [0, 0.05) is 5.25 Å². The van der Waals surface area contributed by atoms with Crippen LogP contribution in [0.3, 0.4) is 0 Å². The lowest BCUT2D eigenvalue weighted by atomic mass is 9.94. The molecular weight excluding hydrogens is 190 g/mol. The quantitative estimate of drug-likeness (QED) is 0.775. The third kappa shape index (κ3) is 5.92. The second kappa shape index (κ2) is 6.02. The molecule has 1 aliphatic rings. The standard InChI is InChI=1S/C12H25NS/c1-12(2,3)7-10-14-11-5-4-8-13-9-6-11/h11,13H,4-10H2,1-3H3. The first-order valence-electron chi connectivity index (χ1n) is 5.90. The van der Waals surface area contributed by atoms with Gasteiger partial charge in [-0.2, -0.15) is 11.8 Å². The van der Waals surface area contributed by atoms with Crippen molar-refractivity contribution in [1.82, 2.24) is 5.32 Å². The van der Waals surface area contributed by atoms with Gasteiger partial charge >= 0.3 is 0 Å². The molecule has 0 spiro atoms. The molecule has 0 aromatic rings. The molecule has 1 saturated heterocycles. The van der Waals surface area contributed by atoms with Gasteiger partial charge in [0.2, 0.25) is 0 Å². The smallest absolute Gasteiger partial charge is 0.00595 e. The highest BCUT2D eigenvalue weighted by Gasteiger charge is 2.14. The Morgan fingerprint density at radius 2 is 2.00 bits per heavy atom. The fourth-order valence-corrected chi connectivity index (χ4v) is 3.37. The molecule has 1 N–H and O–H groups in total. The highest BCUT2D eigenvalue weighted by Crippen LogP contribution is 2.27. The van der Waals surface area contributed by atoms with Crippen molar-refractivity contribution in [2.24, 2.45) is 5.41 Å². The normalized spacial score (nSPS) is 24.6. The Bertz CT molecular complexity index is 143. The van der Waals surface area contributed by atoms with Gasteiger partial charge in [0.15, 0.2) is 0 Å². The fraction of sp³-hybridized carbons (Fsp3) is 1.00. The molecule has 1 unspecified atom stereocenters. The highest BCUT2D eigenvalue weighted by molar-refractivity contribution is 7.99. The third-order valence-corrected chi connectivity index (χ3v) is 4.11. The number of thioether (sulfide) groups is 1. The van der Waals surface area contributed by atoms with Crippen molar-refractivity contribution in [3.63, 3.8) is 0 Å². The maximum Gasteiger partial charge on any atom is 0.00595 e. The molecule has 1 fully saturated rings. The van der Waals surface area contributed by atoms with E-state index in [-0.39, 0.29) is 0 Å².